The highest BCUT2D eigenvalue weighted by Crippen LogP contribution is 2.36. The third-order valence-electron chi connectivity index (χ3n) is 5.40. The highest BCUT2D eigenvalue weighted by atomic mass is 79.9. The van der Waals surface area contributed by atoms with Crippen LogP contribution < -0.4 is 0 Å². The first-order valence-electron chi connectivity index (χ1n) is 8.46. The molecule has 1 aromatic rings. The average molecular weight is 382 g/mol. The smallest absolute Gasteiger partial charge is 0.335 e. The Kier molecular flexibility index (Phi) is 5.39. The van der Waals surface area contributed by atoms with Gasteiger partial charge >= 0.3 is 5.97 Å². The Labute approximate surface area is 145 Å². The summed E-state index contributed by atoms with van der Waals surface area (Å²) in [7, 11) is 0. The minimum absolute atomic E-state index is 0.160. The molecule has 0 bridgehead atoms. The van der Waals surface area contributed by atoms with Crippen LogP contribution in [0.3, 0.4) is 0 Å². The molecule has 126 valence electrons. The third kappa shape index (κ3) is 3.95. The molecule has 23 heavy (non-hydrogen) atoms. The van der Waals surface area contributed by atoms with Crippen molar-refractivity contribution >= 4 is 21.9 Å². The maximum absolute atomic E-state index is 11.0. The number of nitrogens with zero attached hydrogens (tertiary/aromatic N) is 1. The summed E-state index contributed by atoms with van der Waals surface area (Å²) in [5.74, 6) is 0.161. The second-order valence-corrected chi connectivity index (χ2v) is 7.77. The van der Waals surface area contributed by atoms with Crippen molar-refractivity contribution in [1.82, 2.24) is 4.90 Å². The summed E-state index contributed by atoms with van der Waals surface area (Å²) in [5.41, 5.74) is 1.41. The van der Waals surface area contributed by atoms with Gasteiger partial charge in [-0.25, -0.2) is 4.79 Å². The molecule has 1 aliphatic heterocycles. The van der Waals surface area contributed by atoms with Gasteiger partial charge in [0.25, 0.3) is 0 Å². The van der Waals surface area contributed by atoms with Gasteiger partial charge in [-0.3, -0.25) is 4.90 Å². The predicted octanol–water partition coefficient (Wildman–Crippen LogP) is 3.52. The number of aliphatic hydroxyl groups is 1. The zero-order valence-electron chi connectivity index (χ0n) is 13.2. The van der Waals surface area contributed by atoms with Gasteiger partial charge in [0.05, 0.1) is 11.7 Å². The molecule has 0 unspecified atom stereocenters. The van der Waals surface area contributed by atoms with E-state index in [0.29, 0.717) is 17.4 Å². The largest absolute Gasteiger partial charge is 0.478 e. The van der Waals surface area contributed by atoms with Crippen molar-refractivity contribution in [2.24, 2.45) is 11.8 Å². The number of hydrogen-bond donors (Lipinski definition) is 2. The lowest BCUT2D eigenvalue weighted by atomic mass is 9.82. The van der Waals surface area contributed by atoms with E-state index < -0.39 is 5.97 Å². The molecular weight excluding hydrogens is 358 g/mol. The molecule has 1 saturated heterocycles. The number of carboxylic acids is 1. The first kappa shape index (κ1) is 16.9. The molecule has 4 nitrogen and oxygen atoms in total. The number of likely N-dealkylation sites (tertiary alicyclic amines) is 1. The van der Waals surface area contributed by atoms with Crippen LogP contribution in [0, 0.1) is 11.8 Å². The zero-order valence-corrected chi connectivity index (χ0v) is 14.8. The number of carbonyl (C=O) groups is 1. The maximum atomic E-state index is 11.0. The fourth-order valence-corrected chi connectivity index (χ4v) is 4.59. The fraction of sp³-hybridized carbons (Fsp3) is 0.611. The molecule has 5 heteroatoms. The summed E-state index contributed by atoms with van der Waals surface area (Å²) in [4.78, 5) is 13.4. The van der Waals surface area contributed by atoms with Crippen LogP contribution in [-0.2, 0) is 6.54 Å². The minimum atomic E-state index is -0.903. The van der Waals surface area contributed by atoms with Crippen molar-refractivity contribution < 1.29 is 15.0 Å². The number of hydrogen-bond acceptors (Lipinski definition) is 3. The van der Waals surface area contributed by atoms with Crippen molar-refractivity contribution in [1.29, 1.82) is 0 Å². The van der Waals surface area contributed by atoms with Gasteiger partial charge in [-0.05, 0) is 30.0 Å². The molecule has 1 aliphatic carbocycles. The molecule has 2 fully saturated rings. The van der Waals surface area contributed by atoms with E-state index in [-0.39, 0.29) is 6.10 Å². The van der Waals surface area contributed by atoms with E-state index in [1.165, 1.54) is 25.7 Å². The van der Waals surface area contributed by atoms with E-state index in [4.69, 9.17) is 5.11 Å². The van der Waals surface area contributed by atoms with E-state index in [1.54, 1.807) is 12.1 Å². The summed E-state index contributed by atoms with van der Waals surface area (Å²) in [6, 6.07) is 5.23. The molecule has 1 saturated carbocycles. The molecule has 0 spiro atoms. The van der Waals surface area contributed by atoms with Crippen LogP contribution in [0.1, 0.15) is 48.0 Å². The van der Waals surface area contributed by atoms with Crippen molar-refractivity contribution in [3.05, 3.63) is 33.8 Å². The van der Waals surface area contributed by atoms with Crippen LogP contribution in [0.4, 0.5) is 0 Å². The second-order valence-electron chi connectivity index (χ2n) is 6.91. The number of benzene rings is 1. The van der Waals surface area contributed by atoms with Gasteiger partial charge in [0.1, 0.15) is 0 Å². The quantitative estimate of drug-likeness (QED) is 0.837. The standard InChI is InChI=1S/C18H24BrNO3/c19-16-9-13(18(22)23)5-6-14(16)10-20-8-7-17(21)15(11-20)12-3-1-2-4-12/h5-6,9,12,15,17,21H,1-4,7-8,10-11H2,(H,22,23)/t15-,17+/m1/s1. The molecule has 2 aliphatic rings. The second kappa shape index (κ2) is 7.32. The van der Waals surface area contributed by atoms with Gasteiger partial charge < -0.3 is 10.2 Å². The van der Waals surface area contributed by atoms with Gasteiger partial charge in [-0.15, -0.1) is 0 Å². The van der Waals surface area contributed by atoms with E-state index in [9.17, 15) is 9.90 Å². The molecule has 2 N–H and O–H groups in total. The van der Waals surface area contributed by atoms with E-state index in [1.807, 2.05) is 6.07 Å². The summed E-state index contributed by atoms with van der Waals surface area (Å²) < 4.78 is 0.848. The van der Waals surface area contributed by atoms with Gasteiger partial charge in [0.15, 0.2) is 0 Å². The van der Waals surface area contributed by atoms with Crippen LogP contribution in [0.5, 0.6) is 0 Å². The van der Waals surface area contributed by atoms with Gasteiger partial charge in [0, 0.05) is 30.0 Å². The molecule has 0 aromatic heterocycles. The molecule has 2 atom stereocenters. The third-order valence-corrected chi connectivity index (χ3v) is 6.14. The van der Waals surface area contributed by atoms with Gasteiger partial charge in [-0.1, -0.05) is 47.7 Å². The Balaban J connectivity index is 1.66. The van der Waals surface area contributed by atoms with Crippen LogP contribution >= 0.6 is 15.9 Å². The van der Waals surface area contributed by atoms with Crippen LogP contribution in [0.25, 0.3) is 0 Å². The monoisotopic (exact) mass is 381 g/mol. The van der Waals surface area contributed by atoms with E-state index in [2.05, 4.69) is 20.8 Å². The summed E-state index contributed by atoms with van der Waals surface area (Å²) in [6.45, 7) is 2.65. The van der Waals surface area contributed by atoms with Crippen molar-refractivity contribution in [2.75, 3.05) is 13.1 Å². The molecule has 1 heterocycles. The normalized spacial score (nSPS) is 26.5. The van der Waals surface area contributed by atoms with Crippen LogP contribution in [0.2, 0.25) is 0 Å². The Morgan fingerprint density at radius 3 is 2.65 bits per heavy atom. The zero-order chi connectivity index (χ0) is 16.4. The Hall–Kier alpha value is -0.910. The van der Waals surface area contributed by atoms with E-state index in [0.717, 1.165) is 36.1 Å². The van der Waals surface area contributed by atoms with Crippen molar-refractivity contribution in [3.63, 3.8) is 0 Å². The highest BCUT2D eigenvalue weighted by Gasteiger charge is 2.35. The highest BCUT2D eigenvalue weighted by molar-refractivity contribution is 9.10. The lowest BCUT2D eigenvalue weighted by Gasteiger charge is -2.39. The van der Waals surface area contributed by atoms with Crippen molar-refractivity contribution in [2.45, 2.75) is 44.8 Å². The molecule has 0 amide bonds. The first-order chi connectivity index (χ1) is 11.0. The number of rotatable bonds is 4. The number of piperidine rings is 1. The number of aliphatic hydroxyl groups excluding tert-OH is 1. The minimum Gasteiger partial charge on any atom is -0.478 e. The number of halogens is 1. The number of aromatic carboxylic acids is 1. The SMILES string of the molecule is O=C(O)c1ccc(CN2CC[C@H](O)[C@@H](C3CCCC3)C2)c(Br)c1. The Morgan fingerprint density at radius 2 is 2.00 bits per heavy atom. The molecule has 1 aromatic carbocycles. The van der Waals surface area contributed by atoms with Gasteiger partial charge in [-0.2, -0.15) is 0 Å². The number of carboxylic acid groups (broad SMARTS) is 1. The first-order valence-corrected chi connectivity index (χ1v) is 9.26. The topological polar surface area (TPSA) is 60.8 Å². The molecular formula is C18H24BrNO3. The average Bonchev–Trinajstić information content (AvgIpc) is 3.05. The summed E-state index contributed by atoms with van der Waals surface area (Å²) in [5, 5.41) is 19.4. The van der Waals surface area contributed by atoms with Crippen LogP contribution in [0.15, 0.2) is 22.7 Å². The van der Waals surface area contributed by atoms with Crippen molar-refractivity contribution in [3.8, 4) is 0 Å². The Bertz CT molecular complexity index is 571. The predicted molar refractivity (Wildman–Crippen MR) is 92.5 cm³/mol. The lowest BCUT2D eigenvalue weighted by Crippen LogP contribution is -2.45. The summed E-state index contributed by atoms with van der Waals surface area (Å²) in [6.07, 6.45) is 5.80. The lowest BCUT2D eigenvalue weighted by molar-refractivity contribution is -0.00278. The molecule has 3 rings (SSSR count). The Morgan fingerprint density at radius 1 is 1.26 bits per heavy atom. The van der Waals surface area contributed by atoms with Gasteiger partial charge in [0.2, 0.25) is 0 Å². The maximum Gasteiger partial charge on any atom is 0.335 e. The van der Waals surface area contributed by atoms with Crippen LogP contribution in [-0.4, -0.2) is 40.3 Å². The van der Waals surface area contributed by atoms with E-state index >= 15 is 0 Å². The fourth-order valence-electron chi connectivity index (χ4n) is 4.08. The molecule has 0 radical (unpaired) electrons. The summed E-state index contributed by atoms with van der Waals surface area (Å²) >= 11 is 3.50.